The van der Waals surface area contributed by atoms with Crippen molar-refractivity contribution in [2.24, 2.45) is 0 Å². The summed E-state index contributed by atoms with van der Waals surface area (Å²) in [5, 5.41) is 5.58. The maximum atomic E-state index is 12.8. The fourth-order valence-corrected chi connectivity index (χ4v) is 4.29. The van der Waals surface area contributed by atoms with Crippen molar-refractivity contribution in [2.45, 2.75) is 38.1 Å². The van der Waals surface area contributed by atoms with Crippen LogP contribution < -0.4 is 15.4 Å². The second-order valence-electron chi connectivity index (χ2n) is 8.05. The fraction of sp³-hybridized carbons (Fsp3) is 0.200. The third-order valence-corrected chi connectivity index (χ3v) is 6.08. The molecule has 0 bridgehead atoms. The van der Waals surface area contributed by atoms with Crippen LogP contribution in [0.4, 0.5) is 11.4 Å². The van der Waals surface area contributed by atoms with Gasteiger partial charge in [0.2, 0.25) is 5.91 Å². The predicted octanol–water partition coefficient (Wildman–Crippen LogP) is 4.12. The van der Waals surface area contributed by atoms with E-state index >= 15 is 0 Å². The first-order valence-electron chi connectivity index (χ1n) is 10.5. The van der Waals surface area contributed by atoms with Crippen LogP contribution in [-0.4, -0.2) is 26.3 Å². The molecule has 0 saturated heterocycles. The third-order valence-electron chi connectivity index (χ3n) is 4.70. The van der Waals surface area contributed by atoms with Crippen LogP contribution in [0.25, 0.3) is 0 Å². The Morgan fingerprint density at radius 2 is 1.58 bits per heavy atom. The van der Waals surface area contributed by atoms with Gasteiger partial charge in [-0.1, -0.05) is 30.3 Å². The lowest BCUT2D eigenvalue weighted by Gasteiger charge is -2.11. The Hall–Kier alpha value is -3.65. The van der Waals surface area contributed by atoms with E-state index < -0.39 is 15.9 Å². The van der Waals surface area contributed by atoms with E-state index in [-0.39, 0.29) is 28.8 Å². The van der Waals surface area contributed by atoms with Crippen LogP contribution in [0.3, 0.4) is 0 Å². The lowest BCUT2D eigenvalue weighted by atomic mass is 10.1. The Labute approximate surface area is 194 Å². The van der Waals surface area contributed by atoms with Gasteiger partial charge in [0, 0.05) is 23.0 Å². The molecule has 0 aromatic heterocycles. The molecule has 3 N–H and O–H groups in total. The van der Waals surface area contributed by atoms with Crippen molar-refractivity contribution >= 4 is 33.2 Å². The number of anilines is 2. The van der Waals surface area contributed by atoms with Crippen molar-refractivity contribution in [3.63, 3.8) is 0 Å². The van der Waals surface area contributed by atoms with Gasteiger partial charge in [-0.25, -0.2) is 8.42 Å². The average Bonchev–Trinajstić information content (AvgIpc) is 2.74. The van der Waals surface area contributed by atoms with E-state index in [0.717, 1.165) is 11.1 Å². The smallest absolute Gasteiger partial charge is 0.261 e. The molecule has 172 valence electrons. The minimum Gasteiger partial charge on any atom is -0.354 e. The summed E-state index contributed by atoms with van der Waals surface area (Å²) in [5.74, 6) is -0.507. The number of aryl methyl sites for hydroxylation is 1. The van der Waals surface area contributed by atoms with E-state index in [4.69, 9.17) is 0 Å². The molecule has 0 aliphatic rings. The number of benzene rings is 3. The van der Waals surface area contributed by atoms with Crippen LogP contribution in [0, 0.1) is 6.92 Å². The SMILES string of the molecule is Cc1cccc(NS(=O)(=O)c2cccc(C(=O)Nc3ccc(CC(=O)NC(C)C)cc3)c2)c1. The Morgan fingerprint density at radius 3 is 2.24 bits per heavy atom. The number of nitrogens with one attached hydrogen (secondary N) is 3. The molecule has 0 unspecified atom stereocenters. The number of carbonyl (C=O) groups is 2. The Morgan fingerprint density at radius 1 is 0.879 bits per heavy atom. The zero-order valence-corrected chi connectivity index (χ0v) is 19.6. The average molecular weight is 466 g/mol. The highest BCUT2D eigenvalue weighted by molar-refractivity contribution is 7.92. The summed E-state index contributed by atoms with van der Waals surface area (Å²) in [4.78, 5) is 24.6. The second kappa shape index (κ2) is 10.3. The van der Waals surface area contributed by atoms with Gasteiger partial charge in [-0.15, -0.1) is 0 Å². The summed E-state index contributed by atoms with van der Waals surface area (Å²) in [6.07, 6.45) is 0.250. The van der Waals surface area contributed by atoms with Crippen LogP contribution in [-0.2, 0) is 21.2 Å². The van der Waals surface area contributed by atoms with Crippen molar-refractivity contribution in [1.29, 1.82) is 0 Å². The first-order chi connectivity index (χ1) is 15.6. The van der Waals surface area contributed by atoms with Gasteiger partial charge in [0.1, 0.15) is 0 Å². The molecule has 0 atom stereocenters. The lowest BCUT2D eigenvalue weighted by molar-refractivity contribution is -0.120. The number of sulfonamides is 1. The molecule has 0 spiro atoms. The molecule has 2 amide bonds. The molecule has 33 heavy (non-hydrogen) atoms. The zero-order chi connectivity index (χ0) is 24.0. The minimum absolute atomic E-state index is 0.0110. The summed E-state index contributed by atoms with van der Waals surface area (Å²) in [6.45, 7) is 5.67. The summed E-state index contributed by atoms with van der Waals surface area (Å²) < 4.78 is 28.1. The van der Waals surface area contributed by atoms with Gasteiger partial charge in [0.05, 0.1) is 11.3 Å². The van der Waals surface area contributed by atoms with E-state index in [2.05, 4.69) is 15.4 Å². The van der Waals surface area contributed by atoms with Crippen LogP contribution in [0.2, 0.25) is 0 Å². The molecule has 0 aliphatic carbocycles. The van der Waals surface area contributed by atoms with Crippen molar-refractivity contribution < 1.29 is 18.0 Å². The van der Waals surface area contributed by atoms with Crippen LogP contribution in [0.1, 0.15) is 35.3 Å². The molecule has 3 aromatic carbocycles. The van der Waals surface area contributed by atoms with Crippen LogP contribution in [0.5, 0.6) is 0 Å². The van der Waals surface area contributed by atoms with E-state index in [1.807, 2.05) is 26.8 Å². The van der Waals surface area contributed by atoms with Gasteiger partial charge in [0.15, 0.2) is 0 Å². The van der Waals surface area contributed by atoms with Crippen molar-refractivity contribution in [3.05, 3.63) is 89.5 Å². The molecule has 0 aliphatic heterocycles. The molecule has 0 radical (unpaired) electrons. The fourth-order valence-electron chi connectivity index (χ4n) is 3.19. The first kappa shape index (κ1) is 24.0. The van der Waals surface area contributed by atoms with Gasteiger partial charge in [-0.05, 0) is 74.4 Å². The normalized spacial score (nSPS) is 11.2. The second-order valence-corrected chi connectivity index (χ2v) is 9.74. The van der Waals surface area contributed by atoms with E-state index in [0.29, 0.717) is 11.4 Å². The first-order valence-corrected chi connectivity index (χ1v) is 12.0. The number of rotatable bonds is 8. The Kier molecular flexibility index (Phi) is 7.50. The number of amides is 2. The minimum atomic E-state index is -3.85. The molecule has 3 aromatic rings. The van der Waals surface area contributed by atoms with E-state index in [1.165, 1.54) is 18.2 Å². The largest absolute Gasteiger partial charge is 0.354 e. The Balaban J connectivity index is 1.68. The van der Waals surface area contributed by atoms with Gasteiger partial charge < -0.3 is 10.6 Å². The predicted molar refractivity (Wildman–Crippen MR) is 130 cm³/mol. The maximum absolute atomic E-state index is 12.8. The number of carbonyl (C=O) groups excluding carboxylic acids is 2. The molecular weight excluding hydrogens is 438 g/mol. The lowest BCUT2D eigenvalue weighted by Crippen LogP contribution is -2.31. The molecule has 0 saturated carbocycles. The van der Waals surface area contributed by atoms with Crippen LogP contribution in [0.15, 0.2) is 77.7 Å². The highest BCUT2D eigenvalue weighted by Gasteiger charge is 2.17. The summed E-state index contributed by atoms with van der Waals surface area (Å²) in [7, 11) is -3.85. The molecule has 3 rings (SSSR count). The quantitative estimate of drug-likeness (QED) is 0.466. The van der Waals surface area contributed by atoms with Gasteiger partial charge >= 0.3 is 0 Å². The van der Waals surface area contributed by atoms with Crippen LogP contribution >= 0.6 is 0 Å². The van der Waals surface area contributed by atoms with Crippen molar-refractivity contribution in [2.75, 3.05) is 10.0 Å². The maximum Gasteiger partial charge on any atom is 0.261 e. The molecule has 7 nitrogen and oxygen atoms in total. The number of hydrogen-bond acceptors (Lipinski definition) is 4. The highest BCUT2D eigenvalue weighted by atomic mass is 32.2. The van der Waals surface area contributed by atoms with Crippen molar-refractivity contribution in [1.82, 2.24) is 5.32 Å². The van der Waals surface area contributed by atoms with Gasteiger partial charge in [-0.2, -0.15) is 0 Å². The monoisotopic (exact) mass is 465 g/mol. The standard InChI is InChI=1S/C25H27N3O4S/c1-17(2)26-24(29)15-19-10-12-21(13-11-19)27-25(30)20-7-5-9-23(16-20)33(31,32)28-22-8-4-6-18(3)14-22/h4-14,16-17,28H,15H2,1-3H3,(H,26,29)(H,27,30). The molecule has 0 heterocycles. The topological polar surface area (TPSA) is 104 Å². The zero-order valence-electron chi connectivity index (χ0n) is 18.8. The van der Waals surface area contributed by atoms with Gasteiger partial charge in [-0.3, -0.25) is 14.3 Å². The molecule has 8 heteroatoms. The van der Waals surface area contributed by atoms with Crippen molar-refractivity contribution in [3.8, 4) is 0 Å². The molecule has 0 fully saturated rings. The summed E-state index contributed by atoms with van der Waals surface area (Å²) >= 11 is 0. The highest BCUT2D eigenvalue weighted by Crippen LogP contribution is 2.19. The van der Waals surface area contributed by atoms with E-state index in [1.54, 1.807) is 48.5 Å². The number of hydrogen-bond donors (Lipinski definition) is 3. The third kappa shape index (κ3) is 6.92. The Bertz CT molecular complexity index is 1250. The molecular formula is C25H27N3O4S. The van der Waals surface area contributed by atoms with Gasteiger partial charge in [0.25, 0.3) is 15.9 Å². The van der Waals surface area contributed by atoms with E-state index in [9.17, 15) is 18.0 Å². The summed E-state index contributed by atoms with van der Waals surface area (Å²) in [6, 6.07) is 19.9. The summed E-state index contributed by atoms with van der Waals surface area (Å²) in [5.41, 5.74) is 2.95.